The third-order valence-corrected chi connectivity index (χ3v) is 2.68. The second-order valence-electron chi connectivity index (χ2n) is 3.82. The van der Waals surface area contributed by atoms with Crippen molar-refractivity contribution in [2.45, 2.75) is 13.8 Å². The largest absolute Gasteiger partial charge is 0.294 e. The van der Waals surface area contributed by atoms with Crippen LogP contribution in [0.1, 0.15) is 34.6 Å². The first-order valence-corrected chi connectivity index (χ1v) is 5.15. The Bertz CT molecular complexity index is 530. The third kappa shape index (κ3) is 1.63. The zero-order valence-corrected chi connectivity index (χ0v) is 9.28. The Morgan fingerprint density at radius 3 is 1.44 bits per heavy atom. The lowest BCUT2D eigenvalue weighted by Crippen LogP contribution is -1.99. The molecule has 80 valence electrons. The molecule has 0 amide bonds. The number of benzene rings is 2. The molecule has 2 nitrogen and oxygen atoms in total. The second kappa shape index (κ2) is 3.89. The summed E-state index contributed by atoms with van der Waals surface area (Å²) in [4.78, 5) is 22.9. The number of ketones is 2. The fourth-order valence-corrected chi connectivity index (χ4v) is 1.91. The number of carbonyl (C=O) groups is 2. The van der Waals surface area contributed by atoms with E-state index in [1.54, 1.807) is 12.1 Å². The van der Waals surface area contributed by atoms with E-state index in [9.17, 15) is 9.59 Å². The van der Waals surface area contributed by atoms with Gasteiger partial charge in [-0.15, -0.1) is 0 Å². The summed E-state index contributed by atoms with van der Waals surface area (Å²) in [6, 6.07) is 10.9. The van der Waals surface area contributed by atoms with Crippen LogP contribution in [0.15, 0.2) is 36.4 Å². The van der Waals surface area contributed by atoms with E-state index in [-0.39, 0.29) is 11.6 Å². The van der Waals surface area contributed by atoms with Crippen molar-refractivity contribution in [3.8, 4) is 0 Å². The van der Waals surface area contributed by atoms with Gasteiger partial charge in [-0.2, -0.15) is 0 Å². The van der Waals surface area contributed by atoms with Gasteiger partial charge in [0.1, 0.15) is 0 Å². The van der Waals surface area contributed by atoms with E-state index in [1.165, 1.54) is 13.8 Å². The van der Waals surface area contributed by atoms with Crippen molar-refractivity contribution >= 4 is 22.3 Å². The molecular formula is C14H12O2. The monoisotopic (exact) mass is 212 g/mol. The first-order valence-electron chi connectivity index (χ1n) is 5.15. The van der Waals surface area contributed by atoms with Crippen LogP contribution in [0, 0.1) is 0 Å². The summed E-state index contributed by atoms with van der Waals surface area (Å²) in [6.07, 6.45) is 0. The fraction of sp³-hybridized carbons (Fsp3) is 0.143. The van der Waals surface area contributed by atoms with E-state index in [0.29, 0.717) is 11.1 Å². The van der Waals surface area contributed by atoms with Crippen LogP contribution in [-0.4, -0.2) is 11.6 Å². The van der Waals surface area contributed by atoms with Gasteiger partial charge < -0.3 is 0 Å². The molecule has 2 heteroatoms. The van der Waals surface area contributed by atoms with E-state index in [2.05, 4.69) is 0 Å². The molecule has 0 spiro atoms. The van der Waals surface area contributed by atoms with Crippen LogP contribution in [0.25, 0.3) is 10.8 Å². The summed E-state index contributed by atoms with van der Waals surface area (Å²) < 4.78 is 0. The standard InChI is InChI=1S/C14H12O2/c1-9(15)11-7-8-12(10(2)16)14-6-4-3-5-13(11)14/h3-8H,1-2H3. The van der Waals surface area contributed by atoms with Gasteiger partial charge in [0, 0.05) is 11.1 Å². The average Bonchev–Trinajstić information content (AvgIpc) is 2.27. The van der Waals surface area contributed by atoms with Crippen LogP contribution < -0.4 is 0 Å². The molecule has 0 atom stereocenters. The molecule has 0 aromatic heterocycles. The van der Waals surface area contributed by atoms with Gasteiger partial charge in [0.2, 0.25) is 0 Å². The molecule has 0 heterocycles. The lowest BCUT2D eigenvalue weighted by molar-refractivity contribution is 0.100. The van der Waals surface area contributed by atoms with E-state index < -0.39 is 0 Å². The highest BCUT2D eigenvalue weighted by molar-refractivity contribution is 6.14. The van der Waals surface area contributed by atoms with E-state index in [0.717, 1.165) is 10.8 Å². The first-order chi connectivity index (χ1) is 7.61. The van der Waals surface area contributed by atoms with Gasteiger partial charge in [0.25, 0.3) is 0 Å². The third-order valence-electron chi connectivity index (χ3n) is 2.68. The first kappa shape index (κ1) is 10.6. The zero-order chi connectivity index (χ0) is 11.7. The molecule has 0 aliphatic carbocycles. The van der Waals surface area contributed by atoms with Crippen molar-refractivity contribution in [1.82, 2.24) is 0 Å². The highest BCUT2D eigenvalue weighted by Gasteiger charge is 2.10. The van der Waals surface area contributed by atoms with E-state index >= 15 is 0 Å². The molecule has 2 aromatic carbocycles. The van der Waals surface area contributed by atoms with Crippen molar-refractivity contribution < 1.29 is 9.59 Å². The molecule has 0 fully saturated rings. The maximum atomic E-state index is 11.5. The van der Waals surface area contributed by atoms with Crippen LogP contribution in [-0.2, 0) is 0 Å². The van der Waals surface area contributed by atoms with Crippen molar-refractivity contribution in [3.63, 3.8) is 0 Å². The van der Waals surface area contributed by atoms with Gasteiger partial charge in [-0.05, 0) is 24.6 Å². The fourth-order valence-electron chi connectivity index (χ4n) is 1.91. The normalized spacial score (nSPS) is 10.4. The van der Waals surface area contributed by atoms with Gasteiger partial charge >= 0.3 is 0 Å². The average molecular weight is 212 g/mol. The van der Waals surface area contributed by atoms with Crippen LogP contribution in [0.3, 0.4) is 0 Å². The predicted octanol–water partition coefficient (Wildman–Crippen LogP) is 3.25. The zero-order valence-electron chi connectivity index (χ0n) is 9.28. The second-order valence-corrected chi connectivity index (χ2v) is 3.82. The molecule has 0 saturated heterocycles. The molecular weight excluding hydrogens is 200 g/mol. The molecule has 0 saturated carbocycles. The van der Waals surface area contributed by atoms with Gasteiger partial charge in [0.05, 0.1) is 0 Å². The maximum absolute atomic E-state index is 11.5. The van der Waals surface area contributed by atoms with Crippen molar-refractivity contribution in [3.05, 3.63) is 47.5 Å². The van der Waals surface area contributed by atoms with Crippen LogP contribution in [0.5, 0.6) is 0 Å². The molecule has 0 radical (unpaired) electrons. The number of fused-ring (bicyclic) bond motifs is 1. The predicted molar refractivity (Wildman–Crippen MR) is 64.0 cm³/mol. The van der Waals surface area contributed by atoms with Crippen LogP contribution in [0.4, 0.5) is 0 Å². The summed E-state index contributed by atoms with van der Waals surface area (Å²) in [7, 11) is 0. The summed E-state index contributed by atoms with van der Waals surface area (Å²) in [5.74, 6) is 0.0394. The number of Topliss-reactive ketones (excluding diaryl/α,β-unsaturated/α-hetero) is 2. The van der Waals surface area contributed by atoms with Gasteiger partial charge in [-0.25, -0.2) is 0 Å². The Hall–Kier alpha value is -1.96. The SMILES string of the molecule is CC(=O)c1ccc(C(C)=O)c2ccccc12. The number of hydrogen-bond donors (Lipinski definition) is 0. The minimum absolute atomic E-state index is 0.0197. The molecule has 0 aliphatic heterocycles. The molecule has 2 rings (SSSR count). The maximum Gasteiger partial charge on any atom is 0.160 e. The number of rotatable bonds is 2. The molecule has 0 aliphatic rings. The Morgan fingerprint density at radius 2 is 1.12 bits per heavy atom. The quantitative estimate of drug-likeness (QED) is 0.716. The topological polar surface area (TPSA) is 34.1 Å². The van der Waals surface area contributed by atoms with Crippen molar-refractivity contribution in [1.29, 1.82) is 0 Å². The Kier molecular flexibility index (Phi) is 2.57. The lowest BCUT2D eigenvalue weighted by Gasteiger charge is -2.06. The smallest absolute Gasteiger partial charge is 0.160 e. The summed E-state index contributed by atoms with van der Waals surface area (Å²) in [6.45, 7) is 3.07. The summed E-state index contributed by atoms with van der Waals surface area (Å²) in [5, 5.41) is 1.70. The van der Waals surface area contributed by atoms with E-state index in [4.69, 9.17) is 0 Å². The van der Waals surface area contributed by atoms with Crippen LogP contribution in [0.2, 0.25) is 0 Å². The summed E-state index contributed by atoms with van der Waals surface area (Å²) in [5.41, 5.74) is 1.33. The van der Waals surface area contributed by atoms with Gasteiger partial charge in [0.15, 0.2) is 11.6 Å². The van der Waals surface area contributed by atoms with Gasteiger partial charge in [-0.3, -0.25) is 9.59 Å². The van der Waals surface area contributed by atoms with Crippen molar-refractivity contribution in [2.24, 2.45) is 0 Å². The Labute approximate surface area is 93.9 Å². The summed E-state index contributed by atoms with van der Waals surface area (Å²) >= 11 is 0. The minimum Gasteiger partial charge on any atom is -0.294 e. The van der Waals surface area contributed by atoms with Crippen molar-refractivity contribution in [2.75, 3.05) is 0 Å². The molecule has 0 N–H and O–H groups in total. The minimum atomic E-state index is 0.0197. The Balaban J connectivity index is 2.87. The van der Waals surface area contributed by atoms with E-state index in [1.807, 2.05) is 24.3 Å². The molecule has 0 unspecified atom stereocenters. The highest BCUT2D eigenvalue weighted by Crippen LogP contribution is 2.23. The number of hydrogen-bond acceptors (Lipinski definition) is 2. The Morgan fingerprint density at radius 1 is 0.750 bits per heavy atom. The molecule has 2 aromatic rings. The molecule has 16 heavy (non-hydrogen) atoms. The van der Waals surface area contributed by atoms with Crippen LogP contribution >= 0.6 is 0 Å². The molecule has 0 bridgehead atoms. The van der Waals surface area contributed by atoms with Gasteiger partial charge in [-0.1, -0.05) is 36.4 Å². The highest BCUT2D eigenvalue weighted by atomic mass is 16.1. The number of carbonyl (C=O) groups excluding carboxylic acids is 2. The lowest BCUT2D eigenvalue weighted by atomic mass is 9.96.